The Bertz CT molecular complexity index is 473. The fourth-order valence-electron chi connectivity index (χ4n) is 2.16. The largest absolute Gasteiger partial charge is 0.310 e. The van der Waals surface area contributed by atoms with Gasteiger partial charge in [-0.15, -0.1) is 0 Å². The van der Waals surface area contributed by atoms with Gasteiger partial charge in [0, 0.05) is 10.5 Å². The first-order valence-electron chi connectivity index (χ1n) is 6.20. The van der Waals surface area contributed by atoms with E-state index in [-0.39, 0.29) is 0 Å². The Labute approximate surface area is 121 Å². The maximum Gasteiger partial charge on any atom is 0.0361 e. The summed E-state index contributed by atoms with van der Waals surface area (Å²) < 4.78 is 1.16. The second-order valence-electron chi connectivity index (χ2n) is 4.51. The van der Waals surface area contributed by atoms with E-state index in [9.17, 15) is 0 Å². The molecule has 0 saturated heterocycles. The van der Waals surface area contributed by atoms with E-state index in [1.807, 2.05) is 0 Å². The highest BCUT2D eigenvalue weighted by molar-refractivity contribution is 9.10. The van der Waals surface area contributed by atoms with Crippen LogP contribution in [-0.2, 0) is 6.42 Å². The Morgan fingerprint density at radius 2 is 2.17 bits per heavy atom. The van der Waals surface area contributed by atoms with E-state index in [4.69, 9.17) is 0 Å². The molecule has 0 aliphatic heterocycles. The summed E-state index contributed by atoms with van der Waals surface area (Å²) in [5.74, 6) is 0. The van der Waals surface area contributed by atoms with Crippen molar-refractivity contribution in [2.75, 3.05) is 6.54 Å². The molecule has 0 aliphatic rings. The Morgan fingerprint density at radius 1 is 1.33 bits per heavy atom. The van der Waals surface area contributed by atoms with Gasteiger partial charge in [-0.05, 0) is 65.5 Å². The van der Waals surface area contributed by atoms with Gasteiger partial charge >= 0.3 is 0 Å². The molecule has 1 atom stereocenters. The SMILES string of the molecule is CCNC(Cc1ccsc1)c1cc(C)cc(Br)c1. The average Bonchev–Trinajstić information content (AvgIpc) is 2.80. The first kappa shape index (κ1) is 13.8. The molecule has 2 aromatic rings. The van der Waals surface area contributed by atoms with Crippen LogP contribution in [0.1, 0.15) is 29.7 Å². The van der Waals surface area contributed by atoms with Crippen LogP contribution in [0.5, 0.6) is 0 Å². The third-order valence-electron chi connectivity index (χ3n) is 2.94. The van der Waals surface area contributed by atoms with Gasteiger partial charge in [-0.25, -0.2) is 0 Å². The first-order chi connectivity index (χ1) is 8.69. The number of hydrogen-bond acceptors (Lipinski definition) is 2. The molecule has 96 valence electrons. The summed E-state index contributed by atoms with van der Waals surface area (Å²) in [6, 6.07) is 9.23. The fourth-order valence-corrected chi connectivity index (χ4v) is 3.47. The summed E-state index contributed by atoms with van der Waals surface area (Å²) >= 11 is 5.35. The molecule has 0 radical (unpaired) electrons. The molecule has 0 bridgehead atoms. The van der Waals surface area contributed by atoms with Crippen molar-refractivity contribution in [3.63, 3.8) is 0 Å². The highest BCUT2D eigenvalue weighted by atomic mass is 79.9. The predicted octanol–water partition coefficient (Wildman–Crippen LogP) is 4.71. The quantitative estimate of drug-likeness (QED) is 0.840. The third kappa shape index (κ3) is 3.67. The number of hydrogen-bond donors (Lipinski definition) is 1. The summed E-state index contributed by atoms with van der Waals surface area (Å²) in [5.41, 5.74) is 4.06. The van der Waals surface area contributed by atoms with E-state index < -0.39 is 0 Å². The van der Waals surface area contributed by atoms with Gasteiger partial charge in [0.25, 0.3) is 0 Å². The Hall–Kier alpha value is -0.640. The molecular formula is C15H18BrNS. The van der Waals surface area contributed by atoms with Crippen LogP contribution in [0.15, 0.2) is 39.5 Å². The molecule has 1 unspecified atom stereocenters. The minimum Gasteiger partial charge on any atom is -0.310 e. The lowest BCUT2D eigenvalue weighted by atomic mass is 9.99. The minimum atomic E-state index is 0.390. The first-order valence-corrected chi connectivity index (χ1v) is 7.94. The molecule has 2 rings (SSSR count). The summed E-state index contributed by atoms with van der Waals surface area (Å²) in [6.07, 6.45) is 1.05. The average molecular weight is 324 g/mol. The summed E-state index contributed by atoms with van der Waals surface area (Å²) in [4.78, 5) is 0. The van der Waals surface area contributed by atoms with Crippen LogP contribution in [0.2, 0.25) is 0 Å². The van der Waals surface area contributed by atoms with E-state index in [0.29, 0.717) is 6.04 Å². The third-order valence-corrected chi connectivity index (χ3v) is 4.13. The highest BCUT2D eigenvalue weighted by Gasteiger charge is 2.12. The van der Waals surface area contributed by atoms with Crippen LogP contribution < -0.4 is 5.32 Å². The molecule has 18 heavy (non-hydrogen) atoms. The number of rotatable bonds is 5. The zero-order chi connectivity index (χ0) is 13.0. The van der Waals surface area contributed by atoms with Crippen LogP contribution in [0, 0.1) is 6.92 Å². The second-order valence-corrected chi connectivity index (χ2v) is 6.20. The number of thiophene rings is 1. The Kier molecular flexibility index (Phi) is 4.98. The van der Waals surface area contributed by atoms with Crippen LogP contribution in [-0.4, -0.2) is 6.54 Å². The fraction of sp³-hybridized carbons (Fsp3) is 0.333. The lowest BCUT2D eigenvalue weighted by Gasteiger charge is -2.19. The molecule has 1 aromatic heterocycles. The predicted molar refractivity (Wildman–Crippen MR) is 83.3 cm³/mol. The monoisotopic (exact) mass is 323 g/mol. The molecule has 0 aliphatic carbocycles. The van der Waals surface area contributed by atoms with E-state index in [1.165, 1.54) is 16.7 Å². The van der Waals surface area contributed by atoms with Crippen molar-refractivity contribution < 1.29 is 0 Å². The van der Waals surface area contributed by atoms with Gasteiger partial charge in [0.1, 0.15) is 0 Å². The van der Waals surface area contributed by atoms with Crippen molar-refractivity contribution in [2.45, 2.75) is 26.3 Å². The normalized spacial score (nSPS) is 12.6. The number of nitrogens with one attached hydrogen (secondary N) is 1. The van der Waals surface area contributed by atoms with E-state index in [2.05, 4.69) is 70.1 Å². The van der Waals surface area contributed by atoms with Gasteiger partial charge < -0.3 is 5.32 Å². The maximum absolute atomic E-state index is 3.58. The zero-order valence-electron chi connectivity index (χ0n) is 10.7. The van der Waals surface area contributed by atoms with E-state index in [1.54, 1.807) is 11.3 Å². The van der Waals surface area contributed by atoms with Crippen LogP contribution in [0.25, 0.3) is 0 Å². The van der Waals surface area contributed by atoms with Crippen molar-refractivity contribution in [3.05, 3.63) is 56.2 Å². The molecule has 3 heteroatoms. The smallest absolute Gasteiger partial charge is 0.0361 e. The van der Waals surface area contributed by atoms with Crippen molar-refractivity contribution in [2.24, 2.45) is 0 Å². The van der Waals surface area contributed by atoms with Crippen LogP contribution >= 0.6 is 27.3 Å². The van der Waals surface area contributed by atoms with Gasteiger partial charge in [-0.2, -0.15) is 11.3 Å². The molecule has 1 nitrogen and oxygen atoms in total. The van der Waals surface area contributed by atoms with Crippen molar-refractivity contribution in [1.29, 1.82) is 0 Å². The Balaban J connectivity index is 2.23. The number of benzene rings is 1. The minimum absolute atomic E-state index is 0.390. The molecule has 1 N–H and O–H groups in total. The molecule has 1 heterocycles. The lowest BCUT2D eigenvalue weighted by molar-refractivity contribution is 0.550. The lowest BCUT2D eigenvalue weighted by Crippen LogP contribution is -2.22. The van der Waals surface area contributed by atoms with E-state index in [0.717, 1.165) is 17.4 Å². The topological polar surface area (TPSA) is 12.0 Å². The van der Waals surface area contributed by atoms with Crippen molar-refractivity contribution in [1.82, 2.24) is 5.32 Å². The van der Waals surface area contributed by atoms with Gasteiger partial charge in [-0.3, -0.25) is 0 Å². The Morgan fingerprint density at radius 3 is 2.78 bits per heavy atom. The van der Waals surface area contributed by atoms with Crippen molar-refractivity contribution >= 4 is 27.3 Å². The van der Waals surface area contributed by atoms with Gasteiger partial charge in [0.15, 0.2) is 0 Å². The van der Waals surface area contributed by atoms with Crippen LogP contribution in [0.3, 0.4) is 0 Å². The van der Waals surface area contributed by atoms with Crippen molar-refractivity contribution in [3.8, 4) is 0 Å². The van der Waals surface area contributed by atoms with Gasteiger partial charge in [0.05, 0.1) is 0 Å². The molecule has 0 amide bonds. The number of likely N-dealkylation sites (N-methyl/N-ethyl adjacent to an activating group) is 1. The zero-order valence-corrected chi connectivity index (χ0v) is 13.1. The summed E-state index contributed by atoms with van der Waals surface area (Å²) in [6.45, 7) is 5.29. The summed E-state index contributed by atoms with van der Waals surface area (Å²) in [5, 5.41) is 7.95. The molecule has 0 spiro atoms. The number of aryl methyl sites for hydroxylation is 1. The van der Waals surface area contributed by atoms with Gasteiger partial charge in [0.2, 0.25) is 0 Å². The molecule has 0 saturated carbocycles. The molecular weight excluding hydrogens is 306 g/mol. The van der Waals surface area contributed by atoms with E-state index >= 15 is 0 Å². The molecule has 1 aromatic carbocycles. The highest BCUT2D eigenvalue weighted by Crippen LogP contribution is 2.24. The van der Waals surface area contributed by atoms with Crippen LogP contribution in [0.4, 0.5) is 0 Å². The standard InChI is InChI=1S/C15H18BrNS/c1-3-17-15(8-12-4-5-18-10-12)13-6-11(2)7-14(16)9-13/h4-7,9-10,15,17H,3,8H2,1-2H3. The molecule has 0 fully saturated rings. The second kappa shape index (κ2) is 6.50. The maximum atomic E-state index is 3.58. The van der Waals surface area contributed by atoms with Gasteiger partial charge in [-0.1, -0.05) is 28.9 Å². The summed E-state index contributed by atoms with van der Waals surface area (Å²) in [7, 11) is 0. The number of halogens is 1.